The Balaban J connectivity index is 1.36. The summed E-state index contributed by atoms with van der Waals surface area (Å²) in [5, 5.41) is 35.8. The van der Waals surface area contributed by atoms with E-state index in [1.54, 1.807) is 32.1 Å². The van der Waals surface area contributed by atoms with E-state index in [0.29, 0.717) is 17.9 Å². The Labute approximate surface area is 299 Å². The van der Waals surface area contributed by atoms with Crippen LogP contribution in [-0.2, 0) is 26.2 Å². The second kappa shape index (κ2) is 14.3. The maximum atomic E-state index is 13.4. The Morgan fingerprint density at radius 2 is 1.17 bits per heavy atom. The summed E-state index contributed by atoms with van der Waals surface area (Å²) in [6, 6.07) is 8.25. The van der Waals surface area contributed by atoms with Gasteiger partial charge in [0.15, 0.2) is 0 Å². The normalized spacial score (nSPS) is 11.5. The monoisotopic (exact) mass is 726 g/mol. The average molecular weight is 727 g/mol. The van der Waals surface area contributed by atoms with Gasteiger partial charge in [-0.25, -0.2) is 14.4 Å². The van der Waals surface area contributed by atoms with Gasteiger partial charge in [-0.05, 0) is 57.2 Å². The summed E-state index contributed by atoms with van der Waals surface area (Å²) >= 11 is 0. The lowest BCUT2D eigenvalue weighted by molar-refractivity contribution is 0.0991. The molecule has 6 rings (SSSR count). The van der Waals surface area contributed by atoms with Crippen LogP contribution in [0.5, 0.6) is 11.5 Å². The predicted octanol–water partition coefficient (Wildman–Crippen LogP) is 2.76. The van der Waals surface area contributed by atoms with Crippen molar-refractivity contribution in [3.63, 3.8) is 0 Å². The number of allylic oxidation sites excluding steroid dienone is 2. The molecule has 274 valence electrons. The molecule has 4 aromatic heterocycles. The van der Waals surface area contributed by atoms with E-state index in [4.69, 9.17) is 11.5 Å². The quantitative estimate of drug-likeness (QED) is 0.0949. The molecule has 0 bridgehead atoms. The minimum absolute atomic E-state index is 0.000545. The van der Waals surface area contributed by atoms with E-state index in [9.17, 15) is 33.8 Å². The fourth-order valence-corrected chi connectivity index (χ4v) is 5.96. The van der Waals surface area contributed by atoms with Crippen LogP contribution in [-0.4, -0.2) is 79.2 Å². The van der Waals surface area contributed by atoms with Gasteiger partial charge in [0.1, 0.15) is 40.6 Å². The maximum Gasteiger partial charge on any atom is 0.276 e. The lowest BCUT2D eigenvalue weighted by atomic mass is 10.1. The molecule has 0 atom stereocenters. The molecule has 0 unspecified atom stereocenters. The Morgan fingerprint density at radius 1 is 0.736 bits per heavy atom. The van der Waals surface area contributed by atoms with Crippen LogP contribution in [0.25, 0.3) is 22.1 Å². The van der Waals surface area contributed by atoms with Crippen LogP contribution in [0, 0.1) is 13.8 Å². The number of benzene rings is 2. The van der Waals surface area contributed by atoms with Gasteiger partial charge in [-0.15, -0.1) is 0 Å². The van der Waals surface area contributed by atoms with Gasteiger partial charge in [-0.3, -0.25) is 39.2 Å². The number of amides is 4. The van der Waals surface area contributed by atoms with E-state index >= 15 is 0 Å². The number of carbonyl (C=O) groups excluding carboxylic acids is 4. The third-order valence-corrected chi connectivity index (χ3v) is 8.27. The Morgan fingerprint density at radius 3 is 1.58 bits per heavy atom. The number of rotatable bonds is 13. The zero-order valence-electron chi connectivity index (χ0n) is 28.8. The number of aromatic hydroxyl groups is 2. The Hall–Kier alpha value is -7.05. The van der Waals surface area contributed by atoms with Crippen molar-refractivity contribution in [3.05, 3.63) is 82.5 Å². The highest BCUT2D eigenvalue weighted by Gasteiger charge is 2.23. The molecule has 4 amide bonds. The van der Waals surface area contributed by atoms with E-state index in [1.165, 1.54) is 48.8 Å². The van der Waals surface area contributed by atoms with Gasteiger partial charge >= 0.3 is 0 Å². The zero-order valence-corrected chi connectivity index (χ0v) is 28.8. The van der Waals surface area contributed by atoms with Gasteiger partial charge in [0.25, 0.3) is 11.8 Å². The van der Waals surface area contributed by atoms with Gasteiger partial charge in [0.2, 0.25) is 23.7 Å². The molecule has 18 nitrogen and oxygen atoms in total. The zero-order chi connectivity index (χ0) is 38.1. The standard InChI is InChI=1S/C34H35FN12O6/c1-4-46-23(11-17(2)42-46)31(52)40-33-38-21-13-19(29(36)50)15-25(48)27(21)44(33)8-5-6-9-45-28-22(14-20(30(37)51)16-26(28)49)39-34(45)41-32(53)24-12-18(3)43-47(24)10-7-35/h5-6,11-16,48-49H,4,7-10H2,1-3H3,(H2,36,50)(H2,37,51)(H,38,40,52)(H,39,41,53). The fourth-order valence-electron chi connectivity index (χ4n) is 5.96. The van der Waals surface area contributed by atoms with Gasteiger partial charge in [0, 0.05) is 30.8 Å². The number of fused-ring (bicyclic) bond motifs is 2. The summed E-state index contributed by atoms with van der Waals surface area (Å²) in [5.74, 6) is -3.36. The number of alkyl halides is 1. The largest absolute Gasteiger partial charge is 0.506 e. The van der Waals surface area contributed by atoms with E-state index in [0.717, 1.165) is 0 Å². The first-order valence-corrected chi connectivity index (χ1v) is 16.3. The molecule has 0 saturated carbocycles. The Kier molecular flexibility index (Phi) is 9.64. The van der Waals surface area contributed by atoms with Crippen LogP contribution in [0.3, 0.4) is 0 Å². The first kappa shape index (κ1) is 35.8. The smallest absolute Gasteiger partial charge is 0.276 e. The molecule has 0 spiro atoms. The van der Waals surface area contributed by atoms with Crippen LogP contribution in [0.2, 0.25) is 0 Å². The van der Waals surface area contributed by atoms with Crippen LogP contribution in [0.4, 0.5) is 16.3 Å². The number of nitrogens with one attached hydrogen (secondary N) is 2. The summed E-state index contributed by atoms with van der Waals surface area (Å²) in [4.78, 5) is 59.6. The van der Waals surface area contributed by atoms with Crippen LogP contribution in [0.15, 0.2) is 48.6 Å². The van der Waals surface area contributed by atoms with Crippen LogP contribution >= 0.6 is 0 Å². The van der Waals surface area contributed by atoms with Crippen molar-refractivity contribution in [1.82, 2.24) is 38.7 Å². The number of halogens is 1. The van der Waals surface area contributed by atoms with Crippen LogP contribution < -0.4 is 22.1 Å². The van der Waals surface area contributed by atoms with Crippen molar-refractivity contribution >= 4 is 57.6 Å². The number of carbonyl (C=O) groups is 4. The number of nitrogens with zero attached hydrogens (tertiary/aromatic N) is 8. The first-order valence-electron chi connectivity index (χ1n) is 16.3. The van der Waals surface area contributed by atoms with Gasteiger partial charge < -0.3 is 30.8 Å². The van der Waals surface area contributed by atoms with Crippen molar-refractivity contribution in [2.24, 2.45) is 11.5 Å². The highest BCUT2D eigenvalue weighted by molar-refractivity contribution is 6.05. The third kappa shape index (κ3) is 6.99. The number of imidazole rings is 2. The van der Waals surface area contributed by atoms with Crippen molar-refractivity contribution in [1.29, 1.82) is 0 Å². The number of nitrogens with two attached hydrogens (primary N) is 2. The number of primary amides is 2. The number of phenolic OH excluding ortho intramolecular Hbond substituents is 2. The molecular formula is C34H35FN12O6. The third-order valence-electron chi connectivity index (χ3n) is 8.27. The van der Waals surface area contributed by atoms with Crippen molar-refractivity contribution in [3.8, 4) is 11.5 Å². The highest BCUT2D eigenvalue weighted by Crippen LogP contribution is 2.32. The first-order chi connectivity index (χ1) is 25.3. The summed E-state index contributed by atoms with van der Waals surface area (Å²) in [5.41, 5.74) is 13.1. The highest BCUT2D eigenvalue weighted by atomic mass is 19.1. The molecule has 8 N–H and O–H groups in total. The van der Waals surface area contributed by atoms with Gasteiger partial charge in [-0.1, -0.05) is 12.2 Å². The molecule has 0 aliphatic heterocycles. The summed E-state index contributed by atoms with van der Waals surface area (Å²) < 4.78 is 18.9. The molecule has 0 aliphatic rings. The molecule has 0 aliphatic carbocycles. The summed E-state index contributed by atoms with van der Waals surface area (Å²) in [6.45, 7) is 4.81. The molecule has 53 heavy (non-hydrogen) atoms. The number of phenols is 2. The van der Waals surface area contributed by atoms with Crippen molar-refractivity contribution in [2.45, 2.75) is 47.0 Å². The molecule has 0 saturated heterocycles. The molecular weight excluding hydrogens is 691 g/mol. The van der Waals surface area contributed by atoms with Gasteiger partial charge in [-0.2, -0.15) is 10.2 Å². The minimum Gasteiger partial charge on any atom is -0.506 e. The number of aromatic nitrogens is 8. The van der Waals surface area contributed by atoms with Crippen molar-refractivity contribution < 1.29 is 33.8 Å². The lowest BCUT2D eigenvalue weighted by Crippen LogP contribution is -2.20. The number of hydrogen-bond donors (Lipinski definition) is 6. The summed E-state index contributed by atoms with van der Waals surface area (Å²) in [7, 11) is 0. The molecule has 4 heterocycles. The predicted molar refractivity (Wildman–Crippen MR) is 190 cm³/mol. The topological polar surface area (TPSA) is 256 Å². The number of hydrogen-bond acceptors (Lipinski definition) is 10. The SMILES string of the molecule is CCn1nc(C)cc1C(=O)Nc1nc2cc(C(N)=O)cc(O)c2n1CC=CCn1c(NC(=O)c2cc(C)nn2CCF)nc2cc(C(N)=O)cc(O)c21. The fraction of sp³-hybridized carbons (Fsp3) is 0.235. The summed E-state index contributed by atoms with van der Waals surface area (Å²) in [6.07, 6.45) is 3.34. The molecule has 0 fully saturated rings. The Bertz CT molecular complexity index is 2470. The maximum absolute atomic E-state index is 13.4. The van der Waals surface area contributed by atoms with E-state index in [2.05, 4.69) is 30.8 Å². The number of aryl methyl sites for hydroxylation is 4. The second-order valence-corrected chi connectivity index (χ2v) is 12.0. The van der Waals surface area contributed by atoms with E-state index in [-0.39, 0.29) is 87.6 Å². The average Bonchev–Trinajstić information content (AvgIpc) is 3.86. The van der Waals surface area contributed by atoms with E-state index in [1.807, 2.05) is 6.92 Å². The van der Waals surface area contributed by atoms with Crippen molar-refractivity contribution in [2.75, 3.05) is 17.3 Å². The van der Waals surface area contributed by atoms with Crippen LogP contribution in [0.1, 0.15) is 60.0 Å². The minimum atomic E-state index is -0.802. The van der Waals surface area contributed by atoms with Gasteiger partial charge in [0.05, 0.1) is 29.0 Å². The van der Waals surface area contributed by atoms with E-state index < -0.39 is 30.3 Å². The molecule has 19 heteroatoms. The molecule has 6 aromatic rings. The lowest BCUT2D eigenvalue weighted by Gasteiger charge is -2.11. The molecule has 0 radical (unpaired) electrons. The second-order valence-electron chi connectivity index (χ2n) is 12.0. The number of anilines is 2. The molecule has 2 aromatic carbocycles.